The molecule has 3 aromatic carbocycles. The lowest BCUT2D eigenvalue weighted by Crippen LogP contribution is -2.29. The van der Waals surface area contributed by atoms with Gasteiger partial charge in [-0.1, -0.05) is 17.4 Å². The summed E-state index contributed by atoms with van der Waals surface area (Å²) in [5.74, 6) is 0.381. The fourth-order valence-corrected chi connectivity index (χ4v) is 4.96. The maximum atomic E-state index is 13.8. The molecule has 5 rings (SSSR count). The minimum Gasteiger partial charge on any atom is -0.497 e. The molecule has 0 spiro atoms. The van der Waals surface area contributed by atoms with Crippen LogP contribution in [0.25, 0.3) is 10.2 Å². The number of hydrogen-bond acceptors (Lipinski definition) is 8. The van der Waals surface area contributed by atoms with Crippen molar-refractivity contribution < 1.29 is 23.9 Å². The van der Waals surface area contributed by atoms with Crippen LogP contribution in [-0.4, -0.2) is 42.6 Å². The van der Waals surface area contributed by atoms with Gasteiger partial charge in [-0.25, -0.2) is 4.98 Å². The molecule has 0 atom stereocenters. The Hall–Kier alpha value is -4.57. The monoisotopic (exact) mass is 528 g/mol. The van der Waals surface area contributed by atoms with Crippen molar-refractivity contribution >= 4 is 56.3 Å². The number of imide groups is 1. The second kappa shape index (κ2) is 10.8. The van der Waals surface area contributed by atoms with Crippen LogP contribution in [0.5, 0.6) is 11.5 Å². The fraction of sp³-hybridized carbons (Fsp3) is 0.179. The van der Waals surface area contributed by atoms with Gasteiger partial charge in [0.25, 0.3) is 5.91 Å². The molecule has 1 saturated heterocycles. The third kappa shape index (κ3) is 5.12. The zero-order chi connectivity index (χ0) is 26.6. The lowest BCUT2D eigenvalue weighted by Gasteiger charge is -2.17. The standard InChI is InChI=1S/C28H24N4O5S/c1-3-37-21-9-7-18(8-10-21)17-29-32(28-30-23-12-11-22(36-2)16-24(23)38-28)27(35)19-5-4-6-20(15-19)31-25(33)13-14-26(31)34/h4-12,15-17H,3,13-14H2,1-2H3/b29-17+. The van der Waals surface area contributed by atoms with E-state index in [1.165, 1.54) is 22.4 Å². The van der Waals surface area contributed by atoms with E-state index in [1.54, 1.807) is 37.6 Å². The van der Waals surface area contributed by atoms with E-state index in [0.717, 1.165) is 20.9 Å². The highest BCUT2D eigenvalue weighted by molar-refractivity contribution is 7.22. The highest BCUT2D eigenvalue weighted by Crippen LogP contribution is 2.33. The molecule has 0 bridgehead atoms. The van der Waals surface area contributed by atoms with Crippen LogP contribution >= 0.6 is 11.3 Å². The zero-order valence-electron chi connectivity index (χ0n) is 20.8. The number of methoxy groups -OCH3 is 1. The average Bonchev–Trinajstić information content (AvgIpc) is 3.51. The van der Waals surface area contributed by atoms with Gasteiger partial charge in [-0.15, -0.1) is 0 Å². The minimum absolute atomic E-state index is 0.157. The van der Waals surface area contributed by atoms with Gasteiger partial charge in [0.15, 0.2) is 0 Å². The molecule has 0 saturated carbocycles. The predicted octanol–water partition coefficient (Wildman–Crippen LogP) is 5.04. The lowest BCUT2D eigenvalue weighted by atomic mass is 10.1. The Bertz CT molecular complexity index is 1530. The van der Waals surface area contributed by atoms with Crippen molar-refractivity contribution in [3.8, 4) is 11.5 Å². The fourth-order valence-electron chi connectivity index (χ4n) is 4.01. The van der Waals surface area contributed by atoms with Crippen LogP contribution in [-0.2, 0) is 9.59 Å². The first kappa shape index (κ1) is 25.1. The van der Waals surface area contributed by atoms with Gasteiger partial charge < -0.3 is 9.47 Å². The number of carbonyl (C=O) groups is 3. The second-order valence-electron chi connectivity index (χ2n) is 8.37. The molecule has 192 valence electrons. The normalized spacial score (nSPS) is 13.5. The summed E-state index contributed by atoms with van der Waals surface area (Å²) in [6.45, 7) is 2.47. The summed E-state index contributed by atoms with van der Waals surface area (Å²) in [6.07, 6.45) is 1.88. The minimum atomic E-state index is -0.459. The van der Waals surface area contributed by atoms with Crippen LogP contribution in [0.2, 0.25) is 0 Å². The Kier molecular flexibility index (Phi) is 7.14. The third-order valence-electron chi connectivity index (χ3n) is 5.87. The number of anilines is 2. The van der Waals surface area contributed by atoms with Crippen molar-refractivity contribution in [3.63, 3.8) is 0 Å². The first-order valence-electron chi connectivity index (χ1n) is 12.0. The Balaban J connectivity index is 1.52. The molecule has 10 heteroatoms. The van der Waals surface area contributed by atoms with Crippen molar-refractivity contribution in [3.05, 3.63) is 77.9 Å². The Morgan fingerprint density at radius 1 is 1.05 bits per heavy atom. The smallest absolute Gasteiger partial charge is 0.280 e. The highest BCUT2D eigenvalue weighted by Gasteiger charge is 2.31. The van der Waals surface area contributed by atoms with Crippen molar-refractivity contribution in [1.29, 1.82) is 0 Å². The summed E-state index contributed by atoms with van der Waals surface area (Å²) in [5, 5.41) is 6.08. The summed E-state index contributed by atoms with van der Waals surface area (Å²) in [7, 11) is 1.59. The molecule has 0 radical (unpaired) electrons. The molecule has 1 aliphatic rings. The van der Waals surface area contributed by atoms with E-state index in [-0.39, 0.29) is 30.2 Å². The molecular formula is C28H24N4O5S. The van der Waals surface area contributed by atoms with Crippen molar-refractivity contribution in [2.24, 2.45) is 5.10 Å². The number of hydrogen-bond donors (Lipinski definition) is 0. The van der Waals surface area contributed by atoms with E-state index in [1.807, 2.05) is 43.3 Å². The first-order chi connectivity index (χ1) is 18.5. The molecule has 3 amide bonds. The zero-order valence-corrected chi connectivity index (χ0v) is 21.6. The molecule has 1 fully saturated rings. The van der Waals surface area contributed by atoms with Crippen LogP contribution in [0.15, 0.2) is 71.8 Å². The Labute approximate surface area is 222 Å². The molecule has 0 N–H and O–H groups in total. The number of rotatable bonds is 8. The van der Waals surface area contributed by atoms with Gasteiger partial charge in [-0.3, -0.25) is 19.3 Å². The molecule has 1 aromatic heterocycles. The maximum absolute atomic E-state index is 13.8. The third-order valence-corrected chi connectivity index (χ3v) is 6.87. The van der Waals surface area contributed by atoms with Gasteiger partial charge >= 0.3 is 0 Å². The summed E-state index contributed by atoms with van der Waals surface area (Å²) < 4.78 is 11.6. The predicted molar refractivity (Wildman–Crippen MR) is 146 cm³/mol. The SMILES string of the molecule is CCOc1ccc(/C=N/N(C(=O)c2cccc(N3C(=O)CCC3=O)c2)c2nc3ccc(OC)cc3s2)cc1. The van der Waals surface area contributed by atoms with E-state index >= 15 is 0 Å². The van der Waals surface area contributed by atoms with E-state index in [0.29, 0.717) is 28.7 Å². The van der Waals surface area contributed by atoms with Gasteiger partial charge in [0.1, 0.15) is 11.5 Å². The van der Waals surface area contributed by atoms with Crippen LogP contribution in [0, 0.1) is 0 Å². The van der Waals surface area contributed by atoms with E-state index in [9.17, 15) is 14.4 Å². The quantitative estimate of drug-likeness (QED) is 0.180. The number of hydrazone groups is 1. The lowest BCUT2D eigenvalue weighted by molar-refractivity contribution is -0.121. The van der Waals surface area contributed by atoms with Gasteiger partial charge in [-0.2, -0.15) is 10.1 Å². The van der Waals surface area contributed by atoms with Crippen molar-refractivity contribution in [2.45, 2.75) is 19.8 Å². The number of nitrogens with zero attached hydrogens (tertiary/aromatic N) is 4. The molecule has 0 aliphatic carbocycles. The number of thiazole rings is 1. The second-order valence-corrected chi connectivity index (χ2v) is 9.38. The largest absolute Gasteiger partial charge is 0.497 e. The summed E-state index contributed by atoms with van der Waals surface area (Å²) >= 11 is 1.29. The number of ether oxygens (including phenoxy) is 2. The number of amides is 3. The van der Waals surface area contributed by atoms with Crippen molar-refractivity contribution in [2.75, 3.05) is 23.6 Å². The van der Waals surface area contributed by atoms with Crippen LogP contribution in [0.3, 0.4) is 0 Å². The Morgan fingerprint density at radius 2 is 1.79 bits per heavy atom. The van der Waals surface area contributed by atoms with Crippen molar-refractivity contribution in [1.82, 2.24) is 4.98 Å². The van der Waals surface area contributed by atoms with E-state index < -0.39 is 5.91 Å². The molecule has 4 aromatic rings. The average molecular weight is 529 g/mol. The van der Waals surface area contributed by atoms with Crippen LogP contribution in [0.1, 0.15) is 35.7 Å². The first-order valence-corrected chi connectivity index (χ1v) is 12.8. The van der Waals surface area contributed by atoms with E-state index in [2.05, 4.69) is 10.1 Å². The molecular weight excluding hydrogens is 504 g/mol. The summed E-state index contributed by atoms with van der Waals surface area (Å²) in [5.41, 5.74) is 2.07. The van der Waals surface area contributed by atoms with Gasteiger partial charge in [0.2, 0.25) is 16.9 Å². The summed E-state index contributed by atoms with van der Waals surface area (Å²) in [4.78, 5) is 44.0. The number of carbonyl (C=O) groups excluding carboxylic acids is 3. The molecule has 2 heterocycles. The summed E-state index contributed by atoms with van der Waals surface area (Å²) in [6, 6.07) is 19.2. The molecule has 0 unspecified atom stereocenters. The Morgan fingerprint density at radius 3 is 2.50 bits per heavy atom. The number of aromatic nitrogens is 1. The maximum Gasteiger partial charge on any atom is 0.280 e. The van der Waals surface area contributed by atoms with Crippen LogP contribution < -0.4 is 19.4 Å². The molecule has 38 heavy (non-hydrogen) atoms. The molecule has 9 nitrogen and oxygen atoms in total. The van der Waals surface area contributed by atoms with E-state index in [4.69, 9.17) is 9.47 Å². The number of fused-ring (bicyclic) bond motifs is 1. The molecule has 1 aliphatic heterocycles. The van der Waals surface area contributed by atoms with Crippen LogP contribution in [0.4, 0.5) is 10.8 Å². The number of benzene rings is 3. The highest BCUT2D eigenvalue weighted by atomic mass is 32.1. The van der Waals surface area contributed by atoms with Gasteiger partial charge in [0.05, 0.1) is 35.8 Å². The van der Waals surface area contributed by atoms with Gasteiger partial charge in [-0.05, 0) is 73.2 Å². The van der Waals surface area contributed by atoms with Gasteiger partial charge in [0, 0.05) is 18.4 Å². The topological polar surface area (TPSA) is 101 Å².